The third-order valence-electron chi connectivity index (χ3n) is 4.65. The van der Waals surface area contributed by atoms with Crippen LogP contribution >= 0.6 is 0 Å². The van der Waals surface area contributed by atoms with Crippen molar-refractivity contribution in [2.24, 2.45) is 0 Å². The second-order valence-corrected chi connectivity index (χ2v) is 6.75. The van der Waals surface area contributed by atoms with E-state index >= 15 is 0 Å². The van der Waals surface area contributed by atoms with E-state index in [2.05, 4.69) is 20.7 Å². The number of carbonyl (C=O) groups is 1. The number of urea groups is 1. The minimum atomic E-state index is -0.412. The smallest absolute Gasteiger partial charge is 0.336 e. The Bertz CT molecular complexity index is 1220. The van der Waals surface area contributed by atoms with Crippen molar-refractivity contribution in [1.82, 2.24) is 14.8 Å². The number of methoxy groups -OCH3 is 1. The van der Waals surface area contributed by atoms with Crippen molar-refractivity contribution in [3.05, 3.63) is 84.2 Å². The van der Waals surface area contributed by atoms with Gasteiger partial charge in [0.1, 0.15) is 5.82 Å². The number of hydrogen-bond donors (Lipinski definition) is 2. The Morgan fingerprint density at radius 3 is 2.39 bits per heavy atom. The fourth-order valence-electron chi connectivity index (χ4n) is 3.06. The van der Waals surface area contributed by atoms with Crippen LogP contribution < -0.4 is 15.4 Å². The first-order chi connectivity index (χ1) is 15.0. The predicted octanol–water partition coefficient (Wildman–Crippen LogP) is 5.03. The first kappa shape index (κ1) is 20.1. The highest BCUT2D eigenvalue weighted by atomic mass is 19.1. The molecule has 0 bridgehead atoms. The number of nitrogens with one attached hydrogen (secondary N) is 2. The standard InChI is InChI=1S/C23H20FN5O2/c1-15-7-3-6-10-20(15)26-22(30)25-16-11-13-17(14-12-16)29-21(27-23(28-29)31-2)18-8-4-5-9-19(18)24/h3-14H,1-2H3,(H2,25,26,30). The lowest BCUT2D eigenvalue weighted by molar-refractivity contribution is 0.262. The molecular weight excluding hydrogens is 397 g/mol. The van der Waals surface area contributed by atoms with Crippen molar-refractivity contribution in [1.29, 1.82) is 0 Å². The van der Waals surface area contributed by atoms with Gasteiger partial charge in [-0.3, -0.25) is 0 Å². The summed E-state index contributed by atoms with van der Waals surface area (Å²) in [6.45, 7) is 1.92. The number of benzene rings is 3. The highest BCUT2D eigenvalue weighted by Crippen LogP contribution is 2.26. The molecule has 0 saturated carbocycles. The first-order valence-electron chi connectivity index (χ1n) is 9.55. The fourth-order valence-corrected chi connectivity index (χ4v) is 3.06. The second kappa shape index (κ2) is 8.66. The molecule has 0 aliphatic heterocycles. The summed E-state index contributed by atoms with van der Waals surface area (Å²) in [4.78, 5) is 16.6. The molecular formula is C23H20FN5O2. The van der Waals surface area contributed by atoms with Crippen molar-refractivity contribution in [2.75, 3.05) is 17.7 Å². The van der Waals surface area contributed by atoms with E-state index in [9.17, 15) is 9.18 Å². The van der Waals surface area contributed by atoms with Crippen LogP contribution in [0.25, 0.3) is 17.1 Å². The van der Waals surface area contributed by atoms with E-state index in [-0.39, 0.29) is 12.0 Å². The summed E-state index contributed by atoms with van der Waals surface area (Å²) in [5.41, 5.74) is 3.24. The largest absolute Gasteiger partial charge is 0.466 e. The van der Waals surface area contributed by atoms with Crippen LogP contribution in [-0.2, 0) is 0 Å². The maximum absolute atomic E-state index is 14.3. The molecule has 1 heterocycles. The van der Waals surface area contributed by atoms with E-state index < -0.39 is 5.82 Å². The number of aromatic nitrogens is 3. The quantitative estimate of drug-likeness (QED) is 0.477. The van der Waals surface area contributed by atoms with Crippen molar-refractivity contribution >= 4 is 17.4 Å². The average molecular weight is 417 g/mol. The van der Waals surface area contributed by atoms with Crippen LogP contribution in [0, 0.1) is 12.7 Å². The van der Waals surface area contributed by atoms with Gasteiger partial charge in [0.05, 0.1) is 18.4 Å². The van der Waals surface area contributed by atoms with E-state index in [0.29, 0.717) is 22.8 Å². The molecule has 2 N–H and O–H groups in total. The van der Waals surface area contributed by atoms with Crippen LogP contribution in [0.5, 0.6) is 6.01 Å². The van der Waals surface area contributed by atoms with Crippen LogP contribution in [0.4, 0.5) is 20.6 Å². The SMILES string of the molecule is COc1nc(-c2ccccc2F)n(-c2ccc(NC(=O)Nc3ccccc3C)cc2)n1. The van der Waals surface area contributed by atoms with Gasteiger partial charge in [0.2, 0.25) is 0 Å². The number of carbonyl (C=O) groups excluding carboxylic acids is 1. The molecule has 4 rings (SSSR count). The number of aryl methyl sites for hydroxylation is 1. The van der Waals surface area contributed by atoms with Gasteiger partial charge >= 0.3 is 12.0 Å². The van der Waals surface area contributed by atoms with Crippen LogP contribution in [-0.4, -0.2) is 27.9 Å². The molecule has 0 aliphatic rings. The number of hydrogen-bond acceptors (Lipinski definition) is 4. The maximum Gasteiger partial charge on any atom is 0.336 e. The van der Waals surface area contributed by atoms with E-state index in [0.717, 1.165) is 11.3 Å². The van der Waals surface area contributed by atoms with Crippen LogP contribution in [0.15, 0.2) is 72.8 Å². The van der Waals surface area contributed by atoms with Gasteiger partial charge in [-0.1, -0.05) is 30.3 Å². The Morgan fingerprint density at radius 2 is 1.68 bits per heavy atom. The summed E-state index contributed by atoms with van der Waals surface area (Å²) in [6.07, 6.45) is 0. The molecule has 4 aromatic rings. The summed E-state index contributed by atoms with van der Waals surface area (Å²) in [6, 6.07) is 20.6. The molecule has 0 radical (unpaired) electrons. The van der Waals surface area contributed by atoms with E-state index in [4.69, 9.17) is 4.74 Å². The molecule has 0 spiro atoms. The van der Waals surface area contributed by atoms with Gasteiger partial charge in [-0.25, -0.2) is 13.9 Å². The van der Waals surface area contributed by atoms with Gasteiger partial charge in [0.15, 0.2) is 5.82 Å². The lowest BCUT2D eigenvalue weighted by atomic mass is 10.2. The number of anilines is 2. The highest BCUT2D eigenvalue weighted by molar-refractivity contribution is 6.00. The highest BCUT2D eigenvalue weighted by Gasteiger charge is 2.17. The second-order valence-electron chi connectivity index (χ2n) is 6.75. The molecule has 0 atom stereocenters. The monoisotopic (exact) mass is 417 g/mol. The number of nitrogens with zero attached hydrogens (tertiary/aromatic N) is 3. The molecule has 1 aromatic heterocycles. The molecule has 7 nitrogen and oxygen atoms in total. The summed E-state index contributed by atoms with van der Waals surface area (Å²) < 4.78 is 20.9. The fraction of sp³-hybridized carbons (Fsp3) is 0.0870. The Labute approximate surface area is 178 Å². The molecule has 3 aromatic carbocycles. The van der Waals surface area contributed by atoms with Gasteiger partial charge in [-0.2, -0.15) is 4.98 Å². The van der Waals surface area contributed by atoms with Crippen molar-refractivity contribution in [2.45, 2.75) is 6.92 Å². The summed E-state index contributed by atoms with van der Waals surface area (Å²) in [7, 11) is 1.45. The van der Waals surface area contributed by atoms with Crippen LogP contribution in [0.1, 0.15) is 5.56 Å². The number of amides is 2. The van der Waals surface area contributed by atoms with Crippen LogP contribution in [0.3, 0.4) is 0 Å². The van der Waals surface area contributed by atoms with E-state index in [1.54, 1.807) is 42.5 Å². The zero-order valence-corrected chi connectivity index (χ0v) is 17.0. The first-order valence-corrected chi connectivity index (χ1v) is 9.55. The van der Waals surface area contributed by atoms with Crippen molar-refractivity contribution in [3.8, 4) is 23.1 Å². The van der Waals surface area contributed by atoms with E-state index in [1.807, 2.05) is 31.2 Å². The Kier molecular flexibility index (Phi) is 5.61. The van der Waals surface area contributed by atoms with Crippen molar-refractivity contribution in [3.63, 3.8) is 0 Å². The number of halogens is 1. The van der Waals surface area contributed by atoms with E-state index in [1.165, 1.54) is 17.9 Å². The summed E-state index contributed by atoms with van der Waals surface area (Å²) in [5.74, 6) is -0.0991. The van der Waals surface area contributed by atoms with Gasteiger partial charge < -0.3 is 15.4 Å². The minimum absolute atomic E-state index is 0.123. The molecule has 0 unspecified atom stereocenters. The Hall–Kier alpha value is -4.20. The van der Waals surface area contributed by atoms with Gasteiger partial charge in [0.25, 0.3) is 0 Å². The minimum Gasteiger partial charge on any atom is -0.466 e. The molecule has 31 heavy (non-hydrogen) atoms. The molecule has 2 amide bonds. The molecule has 0 aliphatic carbocycles. The van der Waals surface area contributed by atoms with Gasteiger partial charge in [0, 0.05) is 11.4 Å². The molecule has 8 heteroatoms. The zero-order valence-electron chi connectivity index (χ0n) is 17.0. The zero-order chi connectivity index (χ0) is 21.8. The molecule has 0 saturated heterocycles. The lowest BCUT2D eigenvalue weighted by Gasteiger charge is -2.11. The average Bonchev–Trinajstić information content (AvgIpc) is 3.20. The Morgan fingerprint density at radius 1 is 0.968 bits per heavy atom. The van der Waals surface area contributed by atoms with Crippen LogP contribution in [0.2, 0.25) is 0 Å². The third kappa shape index (κ3) is 4.37. The number of para-hydroxylation sites is 1. The molecule has 156 valence electrons. The summed E-state index contributed by atoms with van der Waals surface area (Å²) in [5, 5.41) is 9.89. The van der Waals surface area contributed by atoms with Gasteiger partial charge in [-0.05, 0) is 55.0 Å². The Balaban J connectivity index is 1.56. The summed E-state index contributed by atoms with van der Waals surface area (Å²) >= 11 is 0. The topological polar surface area (TPSA) is 81.1 Å². The number of ether oxygens (including phenoxy) is 1. The maximum atomic E-state index is 14.3. The molecule has 0 fully saturated rings. The van der Waals surface area contributed by atoms with Crippen molar-refractivity contribution < 1.29 is 13.9 Å². The normalized spacial score (nSPS) is 10.5. The lowest BCUT2D eigenvalue weighted by Crippen LogP contribution is -2.19. The third-order valence-corrected chi connectivity index (χ3v) is 4.65. The number of rotatable bonds is 5. The van der Waals surface area contributed by atoms with Gasteiger partial charge in [-0.15, -0.1) is 5.10 Å². The predicted molar refractivity (Wildman–Crippen MR) is 117 cm³/mol.